The van der Waals surface area contributed by atoms with Gasteiger partial charge in [-0.15, -0.1) is 0 Å². The Morgan fingerprint density at radius 1 is 1.60 bits per heavy atom. The van der Waals surface area contributed by atoms with Crippen molar-refractivity contribution in [2.45, 2.75) is 32.0 Å². The molecule has 1 aromatic rings. The van der Waals surface area contributed by atoms with Crippen LogP contribution in [0.4, 0.5) is 4.79 Å². The number of fused-ring (bicyclic) bond motifs is 2. The summed E-state index contributed by atoms with van der Waals surface area (Å²) in [5.41, 5.74) is 7.11. The minimum Gasteiger partial charge on any atom is -0.410 e. The van der Waals surface area contributed by atoms with E-state index in [-0.39, 0.29) is 0 Å². The normalized spacial score (nSPS) is 25.1. The standard InChI is InChI=1S/C14H17ClN2O3/c1-8-9(2-11(4-13(8)15)20-14(16)18)5-17-6-12-3-10(17)7-19-12/h2,4,10,12H,3,5-7H2,1H3,(H2,16,18). The SMILES string of the molecule is Cc1c(Cl)cc(OC(N)=O)cc1CN1CC2CC1CO2. The predicted octanol–water partition coefficient (Wildman–Crippen LogP) is 2.08. The highest BCUT2D eigenvalue weighted by molar-refractivity contribution is 6.31. The molecule has 1 aromatic carbocycles. The fourth-order valence-electron chi connectivity index (χ4n) is 2.94. The number of rotatable bonds is 3. The fourth-order valence-corrected chi connectivity index (χ4v) is 3.17. The molecule has 2 aliphatic heterocycles. The van der Waals surface area contributed by atoms with Crippen LogP contribution >= 0.6 is 11.6 Å². The molecule has 2 N–H and O–H groups in total. The van der Waals surface area contributed by atoms with Gasteiger partial charge in [0.25, 0.3) is 0 Å². The summed E-state index contributed by atoms with van der Waals surface area (Å²) in [7, 11) is 0. The molecule has 5 nitrogen and oxygen atoms in total. The number of halogens is 1. The van der Waals surface area contributed by atoms with Crippen molar-refractivity contribution in [1.29, 1.82) is 0 Å². The van der Waals surface area contributed by atoms with Gasteiger partial charge in [-0.05, 0) is 36.6 Å². The van der Waals surface area contributed by atoms with Crippen molar-refractivity contribution >= 4 is 17.7 Å². The van der Waals surface area contributed by atoms with Crippen LogP contribution in [0.2, 0.25) is 5.02 Å². The Morgan fingerprint density at radius 2 is 2.40 bits per heavy atom. The first-order valence-electron chi connectivity index (χ1n) is 6.65. The molecule has 0 aliphatic carbocycles. The molecule has 0 aromatic heterocycles. The number of hydrogen-bond donors (Lipinski definition) is 1. The summed E-state index contributed by atoms with van der Waals surface area (Å²) in [4.78, 5) is 13.2. The molecule has 108 valence electrons. The van der Waals surface area contributed by atoms with E-state index in [1.165, 1.54) is 0 Å². The van der Waals surface area contributed by atoms with E-state index in [1.807, 2.05) is 13.0 Å². The van der Waals surface area contributed by atoms with Crippen LogP contribution in [0.15, 0.2) is 12.1 Å². The predicted molar refractivity (Wildman–Crippen MR) is 75.0 cm³/mol. The quantitative estimate of drug-likeness (QED) is 0.927. The topological polar surface area (TPSA) is 64.8 Å². The molecule has 1 amide bonds. The van der Waals surface area contributed by atoms with E-state index in [0.29, 0.717) is 22.9 Å². The van der Waals surface area contributed by atoms with Gasteiger partial charge < -0.3 is 15.2 Å². The van der Waals surface area contributed by atoms with Crippen LogP contribution < -0.4 is 10.5 Å². The van der Waals surface area contributed by atoms with Crippen molar-refractivity contribution < 1.29 is 14.3 Å². The van der Waals surface area contributed by atoms with Gasteiger partial charge in [-0.3, -0.25) is 4.90 Å². The second kappa shape index (κ2) is 5.24. The van der Waals surface area contributed by atoms with Gasteiger partial charge in [0.2, 0.25) is 0 Å². The summed E-state index contributed by atoms with van der Waals surface area (Å²) in [6.07, 6.45) is 0.634. The molecule has 0 saturated carbocycles. The van der Waals surface area contributed by atoms with Crippen molar-refractivity contribution in [1.82, 2.24) is 4.90 Å². The molecule has 0 spiro atoms. The van der Waals surface area contributed by atoms with Crippen molar-refractivity contribution in [3.8, 4) is 5.75 Å². The first-order chi connectivity index (χ1) is 9.52. The van der Waals surface area contributed by atoms with Gasteiger partial charge in [0.1, 0.15) is 5.75 Å². The Kier molecular flexibility index (Phi) is 3.58. The first kappa shape index (κ1) is 13.7. The average Bonchev–Trinajstić information content (AvgIpc) is 2.96. The highest BCUT2D eigenvalue weighted by Gasteiger charge is 2.38. The van der Waals surface area contributed by atoms with E-state index in [9.17, 15) is 4.79 Å². The lowest BCUT2D eigenvalue weighted by Gasteiger charge is -2.27. The Labute approximate surface area is 122 Å². The van der Waals surface area contributed by atoms with Crippen LogP contribution in [-0.4, -0.2) is 36.3 Å². The van der Waals surface area contributed by atoms with Gasteiger partial charge in [0.15, 0.2) is 0 Å². The highest BCUT2D eigenvalue weighted by atomic mass is 35.5. The summed E-state index contributed by atoms with van der Waals surface area (Å²) in [5, 5.41) is 0.583. The number of hydrogen-bond acceptors (Lipinski definition) is 4. The van der Waals surface area contributed by atoms with Gasteiger partial charge in [-0.25, -0.2) is 4.79 Å². The van der Waals surface area contributed by atoms with Crippen LogP contribution in [0.1, 0.15) is 17.5 Å². The van der Waals surface area contributed by atoms with Crippen molar-refractivity contribution in [3.05, 3.63) is 28.3 Å². The maximum Gasteiger partial charge on any atom is 0.409 e. The molecular formula is C14H17ClN2O3. The maximum atomic E-state index is 10.9. The van der Waals surface area contributed by atoms with Gasteiger partial charge in [0.05, 0.1) is 12.7 Å². The van der Waals surface area contributed by atoms with Gasteiger partial charge in [-0.1, -0.05) is 11.6 Å². The molecular weight excluding hydrogens is 280 g/mol. The van der Waals surface area contributed by atoms with Crippen molar-refractivity contribution in [2.24, 2.45) is 5.73 Å². The molecule has 2 fully saturated rings. The molecule has 0 radical (unpaired) electrons. The van der Waals surface area contributed by atoms with Crippen LogP contribution in [0.3, 0.4) is 0 Å². The number of ether oxygens (including phenoxy) is 2. The second-order valence-electron chi connectivity index (χ2n) is 5.38. The summed E-state index contributed by atoms with van der Waals surface area (Å²) in [6.45, 7) is 4.50. The third-order valence-electron chi connectivity index (χ3n) is 4.03. The van der Waals surface area contributed by atoms with Crippen LogP contribution in [0, 0.1) is 6.92 Å². The molecule has 2 heterocycles. The highest BCUT2D eigenvalue weighted by Crippen LogP contribution is 2.32. The van der Waals surface area contributed by atoms with Crippen LogP contribution in [-0.2, 0) is 11.3 Å². The lowest BCUT2D eigenvalue weighted by Crippen LogP contribution is -2.36. The van der Waals surface area contributed by atoms with Crippen molar-refractivity contribution in [2.75, 3.05) is 13.2 Å². The number of nitrogens with zero attached hydrogens (tertiary/aromatic N) is 1. The molecule has 2 saturated heterocycles. The molecule has 2 unspecified atom stereocenters. The zero-order valence-electron chi connectivity index (χ0n) is 11.3. The zero-order chi connectivity index (χ0) is 14.3. The van der Waals surface area contributed by atoms with E-state index in [0.717, 1.165) is 37.2 Å². The van der Waals surface area contributed by atoms with E-state index >= 15 is 0 Å². The largest absolute Gasteiger partial charge is 0.410 e. The minimum absolute atomic E-state index is 0.362. The number of carbonyl (C=O) groups excluding carboxylic acids is 1. The molecule has 3 rings (SSSR count). The fraction of sp³-hybridized carbons (Fsp3) is 0.500. The van der Waals surface area contributed by atoms with Crippen molar-refractivity contribution in [3.63, 3.8) is 0 Å². The molecule has 2 aliphatic rings. The first-order valence-corrected chi connectivity index (χ1v) is 7.02. The number of carbonyl (C=O) groups is 1. The van der Waals surface area contributed by atoms with Gasteiger partial charge in [0, 0.05) is 24.2 Å². The zero-order valence-corrected chi connectivity index (χ0v) is 12.0. The maximum absolute atomic E-state index is 10.9. The summed E-state index contributed by atoms with van der Waals surface area (Å²) in [6, 6.07) is 3.93. The monoisotopic (exact) mass is 296 g/mol. The third kappa shape index (κ3) is 2.61. The molecule has 6 heteroatoms. The summed E-state index contributed by atoms with van der Waals surface area (Å²) < 4.78 is 10.5. The Hall–Kier alpha value is -1.30. The Balaban J connectivity index is 1.81. The smallest absolute Gasteiger partial charge is 0.409 e. The van der Waals surface area contributed by atoms with Gasteiger partial charge in [-0.2, -0.15) is 0 Å². The number of primary amides is 1. The van der Waals surface area contributed by atoms with Crippen LogP contribution in [0.5, 0.6) is 5.75 Å². The number of likely N-dealkylation sites (tertiary alicyclic amines) is 1. The summed E-state index contributed by atoms with van der Waals surface area (Å²) in [5.74, 6) is 0.392. The van der Waals surface area contributed by atoms with E-state index < -0.39 is 6.09 Å². The lowest BCUT2D eigenvalue weighted by atomic mass is 10.1. The Morgan fingerprint density at radius 3 is 3.00 bits per heavy atom. The molecule has 2 bridgehead atoms. The Bertz CT molecular complexity index is 549. The van der Waals surface area contributed by atoms with E-state index in [1.54, 1.807) is 6.07 Å². The number of amides is 1. The van der Waals surface area contributed by atoms with E-state index in [2.05, 4.69) is 4.90 Å². The van der Waals surface area contributed by atoms with Gasteiger partial charge >= 0.3 is 6.09 Å². The third-order valence-corrected chi connectivity index (χ3v) is 4.42. The number of morpholine rings is 1. The summed E-state index contributed by atoms with van der Waals surface area (Å²) >= 11 is 6.19. The average molecular weight is 297 g/mol. The van der Waals surface area contributed by atoms with Crippen LogP contribution in [0.25, 0.3) is 0 Å². The number of benzene rings is 1. The number of nitrogens with two attached hydrogens (primary N) is 1. The molecule has 2 atom stereocenters. The van der Waals surface area contributed by atoms with E-state index in [4.69, 9.17) is 26.8 Å². The lowest BCUT2D eigenvalue weighted by molar-refractivity contribution is 0.0272. The minimum atomic E-state index is -0.829. The second-order valence-corrected chi connectivity index (χ2v) is 5.79. The molecule has 20 heavy (non-hydrogen) atoms.